The van der Waals surface area contributed by atoms with Crippen molar-refractivity contribution < 1.29 is 14.4 Å². The van der Waals surface area contributed by atoms with Gasteiger partial charge in [-0.05, 0) is 91.4 Å². The third-order valence-corrected chi connectivity index (χ3v) is 7.45. The van der Waals surface area contributed by atoms with Crippen LogP contribution in [-0.4, -0.2) is 29.1 Å². The van der Waals surface area contributed by atoms with Gasteiger partial charge in [0.1, 0.15) is 5.82 Å². The van der Waals surface area contributed by atoms with Crippen LogP contribution in [-0.2, 0) is 13.0 Å². The van der Waals surface area contributed by atoms with Gasteiger partial charge in [0.2, 0.25) is 0 Å². The SMILES string of the molecule is O=C(NO)c1cc(F)c2c(c1)CN(CC13CC4CC(CC(C4)C1)C3)CC2. The van der Waals surface area contributed by atoms with Crippen molar-refractivity contribution in [3.05, 3.63) is 34.6 Å². The molecule has 0 saturated heterocycles. The van der Waals surface area contributed by atoms with Crippen LogP contribution in [0.3, 0.4) is 0 Å². The van der Waals surface area contributed by atoms with E-state index in [0.717, 1.165) is 42.0 Å². The van der Waals surface area contributed by atoms with Gasteiger partial charge >= 0.3 is 0 Å². The first-order valence-electron chi connectivity index (χ1n) is 10.0. The highest BCUT2D eigenvalue weighted by Gasteiger charge is 2.51. The van der Waals surface area contributed by atoms with Crippen LogP contribution in [0.25, 0.3) is 0 Å². The van der Waals surface area contributed by atoms with Crippen molar-refractivity contribution in [1.82, 2.24) is 10.4 Å². The molecule has 0 aromatic heterocycles. The van der Waals surface area contributed by atoms with Crippen LogP contribution in [0.1, 0.15) is 60.0 Å². The third kappa shape index (κ3) is 2.76. The molecule has 1 aliphatic heterocycles. The number of nitrogens with zero attached hydrogens (tertiary/aromatic N) is 1. The van der Waals surface area contributed by atoms with Crippen molar-refractivity contribution in [2.75, 3.05) is 13.1 Å². The normalized spacial score (nSPS) is 35.4. The Bertz CT molecular complexity index is 712. The highest BCUT2D eigenvalue weighted by Crippen LogP contribution is 2.60. The maximum Gasteiger partial charge on any atom is 0.274 e. The first-order valence-corrected chi connectivity index (χ1v) is 10.0. The minimum absolute atomic E-state index is 0.195. The zero-order chi connectivity index (χ0) is 17.9. The Morgan fingerprint density at radius 2 is 1.85 bits per heavy atom. The zero-order valence-corrected chi connectivity index (χ0v) is 15.1. The number of rotatable bonds is 3. The van der Waals surface area contributed by atoms with E-state index in [9.17, 15) is 9.18 Å². The summed E-state index contributed by atoms with van der Waals surface area (Å²) in [7, 11) is 0. The number of carbonyl (C=O) groups is 1. The molecule has 0 radical (unpaired) electrons. The molecular formula is C21H27FN2O2. The topological polar surface area (TPSA) is 52.6 Å². The van der Waals surface area contributed by atoms with E-state index in [4.69, 9.17) is 5.21 Å². The molecule has 4 fully saturated rings. The highest BCUT2D eigenvalue weighted by atomic mass is 19.1. The van der Waals surface area contributed by atoms with E-state index in [1.165, 1.54) is 44.6 Å². The molecule has 4 bridgehead atoms. The molecule has 0 atom stereocenters. The molecule has 4 nitrogen and oxygen atoms in total. The van der Waals surface area contributed by atoms with Crippen LogP contribution in [0.2, 0.25) is 0 Å². The maximum absolute atomic E-state index is 14.4. The molecule has 4 saturated carbocycles. The summed E-state index contributed by atoms with van der Waals surface area (Å²) in [4.78, 5) is 14.2. The molecule has 0 unspecified atom stereocenters. The van der Waals surface area contributed by atoms with E-state index >= 15 is 0 Å². The summed E-state index contributed by atoms with van der Waals surface area (Å²) in [6.07, 6.45) is 9.19. The van der Waals surface area contributed by atoms with Gasteiger partial charge in [-0.1, -0.05) is 0 Å². The maximum atomic E-state index is 14.4. The number of hydrogen-bond donors (Lipinski definition) is 2. The Hall–Kier alpha value is -1.46. The average Bonchev–Trinajstić information content (AvgIpc) is 2.59. The number of fused-ring (bicyclic) bond motifs is 1. The largest absolute Gasteiger partial charge is 0.298 e. The van der Waals surface area contributed by atoms with Gasteiger partial charge in [0.15, 0.2) is 0 Å². The Morgan fingerprint density at radius 3 is 2.46 bits per heavy atom. The molecule has 0 spiro atoms. The lowest BCUT2D eigenvalue weighted by molar-refractivity contribution is -0.0708. The van der Waals surface area contributed by atoms with Crippen molar-refractivity contribution in [1.29, 1.82) is 0 Å². The predicted octanol–water partition coefficient (Wildman–Crippen LogP) is 3.52. The fourth-order valence-electron chi connectivity index (χ4n) is 6.99. The van der Waals surface area contributed by atoms with Gasteiger partial charge in [0.05, 0.1) is 0 Å². The number of benzene rings is 1. The molecule has 5 heteroatoms. The van der Waals surface area contributed by atoms with Gasteiger partial charge < -0.3 is 0 Å². The third-order valence-electron chi connectivity index (χ3n) is 7.45. The monoisotopic (exact) mass is 358 g/mol. The van der Waals surface area contributed by atoms with Crippen LogP contribution in [0.5, 0.6) is 0 Å². The lowest BCUT2D eigenvalue weighted by atomic mass is 9.49. The van der Waals surface area contributed by atoms with E-state index in [-0.39, 0.29) is 11.4 Å². The minimum atomic E-state index is -0.648. The average molecular weight is 358 g/mol. The summed E-state index contributed by atoms with van der Waals surface area (Å²) in [6, 6.07) is 2.98. The van der Waals surface area contributed by atoms with Crippen LogP contribution in [0.4, 0.5) is 4.39 Å². The fourth-order valence-corrected chi connectivity index (χ4v) is 6.99. The lowest BCUT2D eigenvalue weighted by Gasteiger charge is -2.58. The van der Waals surface area contributed by atoms with Gasteiger partial charge in [0, 0.05) is 25.2 Å². The molecule has 4 aliphatic carbocycles. The van der Waals surface area contributed by atoms with Crippen molar-refractivity contribution in [2.45, 2.75) is 51.5 Å². The predicted molar refractivity (Wildman–Crippen MR) is 95.2 cm³/mol. The second-order valence-corrected chi connectivity index (χ2v) is 9.41. The van der Waals surface area contributed by atoms with Crippen molar-refractivity contribution in [3.8, 4) is 0 Å². The van der Waals surface area contributed by atoms with Gasteiger partial charge in [-0.25, -0.2) is 9.87 Å². The second-order valence-electron chi connectivity index (χ2n) is 9.41. The molecule has 1 aromatic rings. The Morgan fingerprint density at radius 1 is 1.19 bits per heavy atom. The van der Waals surface area contributed by atoms with E-state index in [2.05, 4.69) is 4.90 Å². The molecule has 1 aromatic carbocycles. The molecule has 2 N–H and O–H groups in total. The number of halogens is 1. The Kier molecular flexibility index (Phi) is 3.87. The summed E-state index contributed by atoms with van der Waals surface area (Å²) < 4.78 is 14.4. The van der Waals surface area contributed by atoms with Crippen molar-refractivity contribution in [3.63, 3.8) is 0 Å². The Labute approximate surface area is 153 Å². The van der Waals surface area contributed by atoms with Crippen LogP contribution in [0, 0.1) is 29.0 Å². The van der Waals surface area contributed by atoms with Crippen LogP contribution < -0.4 is 5.48 Å². The number of nitrogens with one attached hydrogen (secondary N) is 1. The standard InChI is InChI=1S/C21H27FN2O2/c22-19-7-16(20(25)23-26)6-17-11-24(2-1-18(17)19)12-21-8-13-3-14(9-21)5-15(4-13)10-21/h6-7,13-15,26H,1-5,8-12H2,(H,23,25). The first-order chi connectivity index (χ1) is 12.5. The molecule has 5 aliphatic rings. The van der Waals surface area contributed by atoms with Crippen LogP contribution >= 0.6 is 0 Å². The lowest BCUT2D eigenvalue weighted by Crippen LogP contribution is -2.51. The molecule has 6 rings (SSSR count). The summed E-state index contributed by atoms with van der Waals surface area (Å²) in [6.45, 7) is 2.73. The molecule has 26 heavy (non-hydrogen) atoms. The van der Waals surface area contributed by atoms with Gasteiger partial charge in [-0.2, -0.15) is 0 Å². The first kappa shape index (κ1) is 16.7. The van der Waals surface area contributed by atoms with Gasteiger partial charge in [-0.3, -0.25) is 14.9 Å². The quantitative estimate of drug-likeness (QED) is 0.642. The van der Waals surface area contributed by atoms with Gasteiger partial charge in [0.25, 0.3) is 5.91 Å². The summed E-state index contributed by atoms with van der Waals surface area (Å²) in [5.74, 6) is 1.85. The Balaban J connectivity index is 1.36. The second kappa shape index (κ2) is 6.03. The van der Waals surface area contributed by atoms with E-state index in [1.54, 1.807) is 11.5 Å². The summed E-state index contributed by atoms with van der Waals surface area (Å²) >= 11 is 0. The molecule has 140 valence electrons. The van der Waals surface area contributed by atoms with E-state index in [0.29, 0.717) is 18.4 Å². The van der Waals surface area contributed by atoms with E-state index in [1.807, 2.05) is 0 Å². The van der Waals surface area contributed by atoms with Gasteiger partial charge in [-0.15, -0.1) is 0 Å². The minimum Gasteiger partial charge on any atom is -0.298 e. The molecular weight excluding hydrogens is 331 g/mol. The molecule has 1 amide bonds. The number of hydroxylamine groups is 1. The summed E-state index contributed by atoms with van der Waals surface area (Å²) in [5.41, 5.74) is 3.92. The number of carbonyl (C=O) groups excluding carboxylic acids is 1. The van der Waals surface area contributed by atoms with E-state index < -0.39 is 5.91 Å². The summed E-state index contributed by atoms with van der Waals surface area (Å²) in [5, 5.41) is 8.85. The van der Waals surface area contributed by atoms with Crippen LogP contribution in [0.15, 0.2) is 12.1 Å². The fraction of sp³-hybridized carbons (Fsp3) is 0.667. The smallest absolute Gasteiger partial charge is 0.274 e. The number of hydrogen-bond acceptors (Lipinski definition) is 3. The van der Waals surface area contributed by atoms with Crippen molar-refractivity contribution in [2.24, 2.45) is 23.2 Å². The molecule has 1 heterocycles. The number of amides is 1. The van der Waals surface area contributed by atoms with Crippen molar-refractivity contribution >= 4 is 5.91 Å². The highest BCUT2D eigenvalue weighted by molar-refractivity contribution is 5.93. The zero-order valence-electron chi connectivity index (χ0n) is 15.1.